The van der Waals surface area contributed by atoms with Gasteiger partial charge in [-0.1, -0.05) is 0 Å². The minimum Gasteiger partial charge on any atom is -0.358 e. The van der Waals surface area contributed by atoms with Crippen molar-refractivity contribution in [1.29, 1.82) is 0 Å². The Labute approximate surface area is 132 Å². The van der Waals surface area contributed by atoms with Crippen LogP contribution in [-0.4, -0.2) is 90.8 Å². The molecule has 0 saturated heterocycles. The van der Waals surface area contributed by atoms with E-state index in [1.807, 2.05) is 0 Å². The first-order valence-electron chi connectivity index (χ1n) is 7.59. The van der Waals surface area contributed by atoms with Gasteiger partial charge in [-0.25, -0.2) is 0 Å². The van der Waals surface area contributed by atoms with Crippen molar-refractivity contribution in [1.82, 2.24) is 16.6 Å². The lowest BCUT2D eigenvalue weighted by atomic mass is 10.1. The molecule has 0 aliphatic carbocycles. The standard InChI is InChI=1S/C5H13N2.2C5H12N.Al/c1-6-4-5-7(2)3;2*1-5(2,3)6-4;/h4-5H2,1-3H3;2*1-4H3;/q3*-1;+3. The van der Waals surface area contributed by atoms with Crippen LogP contribution in [0.5, 0.6) is 0 Å². The van der Waals surface area contributed by atoms with E-state index in [0.29, 0.717) is 0 Å². The van der Waals surface area contributed by atoms with Gasteiger partial charge in [0.1, 0.15) is 0 Å². The predicted octanol–water partition coefficient (Wildman–Crippen LogP) is 1.93. The van der Waals surface area contributed by atoms with Crippen LogP contribution >= 0.6 is 0 Å². The van der Waals surface area contributed by atoms with Gasteiger partial charge in [0, 0.05) is 6.54 Å². The summed E-state index contributed by atoms with van der Waals surface area (Å²) in [6.45, 7) is 16.1. The second-order valence-corrected chi connectivity index (χ2v) is 11.3. The second-order valence-electron chi connectivity index (χ2n) is 8.19. The van der Waals surface area contributed by atoms with Crippen molar-refractivity contribution in [2.75, 3.05) is 48.3 Å². The summed E-state index contributed by atoms with van der Waals surface area (Å²) in [5, 5.41) is 0. The van der Waals surface area contributed by atoms with Crippen LogP contribution in [0.4, 0.5) is 0 Å². The van der Waals surface area contributed by atoms with Gasteiger partial charge < -0.3 is 16.6 Å². The number of nitrogens with zero attached hydrogens (tertiary/aromatic N) is 4. The molecule has 0 rings (SSSR count). The predicted molar refractivity (Wildman–Crippen MR) is 92.0 cm³/mol. The summed E-state index contributed by atoms with van der Waals surface area (Å²) < 4.78 is 7.76. The first kappa shape index (κ1) is 20.4. The largest absolute Gasteiger partial charge is 0.609 e. The molecule has 0 radical (unpaired) electrons. The number of hydrogen-bond acceptors (Lipinski definition) is 4. The molecular weight excluding hydrogens is 263 g/mol. The first-order chi connectivity index (χ1) is 8.78. The van der Waals surface area contributed by atoms with E-state index in [4.69, 9.17) is 0 Å². The Morgan fingerprint density at radius 1 is 0.650 bits per heavy atom. The van der Waals surface area contributed by atoms with Crippen LogP contribution in [0.3, 0.4) is 0 Å². The van der Waals surface area contributed by atoms with E-state index in [1.54, 1.807) is 0 Å². The summed E-state index contributed by atoms with van der Waals surface area (Å²) >= 11 is -1.35. The van der Waals surface area contributed by atoms with Gasteiger partial charge in [0.25, 0.3) is 0 Å². The highest BCUT2D eigenvalue weighted by atomic mass is 27.2. The maximum absolute atomic E-state index is 2.59. The van der Waals surface area contributed by atoms with Crippen LogP contribution in [0.2, 0.25) is 0 Å². The Balaban J connectivity index is 5.16. The zero-order chi connectivity index (χ0) is 16.3. The molecule has 4 nitrogen and oxygen atoms in total. The van der Waals surface area contributed by atoms with Crippen molar-refractivity contribution < 1.29 is 0 Å². The molecule has 0 N–H and O–H groups in total. The molecule has 0 amide bonds. The SMILES string of the molecule is CN(C)CC[N](C)[Al]([N](C)C(C)(C)C)[N](C)C(C)(C)C. The zero-order valence-electron chi connectivity index (χ0n) is 15.8. The minimum absolute atomic E-state index is 0.197. The Kier molecular flexibility index (Phi) is 7.72. The maximum atomic E-state index is 2.59. The van der Waals surface area contributed by atoms with E-state index < -0.39 is 14.8 Å². The first-order valence-corrected chi connectivity index (χ1v) is 9.14. The topological polar surface area (TPSA) is 13.0 Å². The van der Waals surface area contributed by atoms with Gasteiger partial charge in [-0.05, 0) is 94.4 Å². The quantitative estimate of drug-likeness (QED) is 0.695. The van der Waals surface area contributed by atoms with Crippen molar-refractivity contribution in [3.8, 4) is 0 Å². The molecular formula is C15H37AlN4. The smallest absolute Gasteiger partial charge is 0.358 e. The number of hydrogen-bond donors (Lipinski definition) is 0. The molecule has 0 aromatic heterocycles. The van der Waals surface area contributed by atoms with Crippen molar-refractivity contribution in [3.05, 3.63) is 0 Å². The molecule has 0 spiro atoms. The van der Waals surface area contributed by atoms with Gasteiger partial charge in [0.15, 0.2) is 0 Å². The fourth-order valence-corrected chi connectivity index (χ4v) is 5.45. The molecule has 0 saturated carbocycles. The van der Waals surface area contributed by atoms with Crippen molar-refractivity contribution in [2.45, 2.75) is 52.6 Å². The average molecular weight is 300 g/mol. The summed E-state index contributed by atoms with van der Waals surface area (Å²) in [4.78, 5) is 2.26. The Bertz CT molecular complexity index is 261. The van der Waals surface area contributed by atoms with Gasteiger partial charge >= 0.3 is 14.8 Å². The normalized spacial score (nSPS) is 13.9. The van der Waals surface area contributed by atoms with Crippen LogP contribution < -0.4 is 0 Å². The van der Waals surface area contributed by atoms with Crippen LogP contribution in [0.25, 0.3) is 0 Å². The molecule has 120 valence electrons. The minimum atomic E-state index is -1.35. The number of likely N-dealkylation sites (N-methyl/N-ethyl adjacent to an activating group) is 2. The summed E-state index contributed by atoms with van der Waals surface area (Å²) in [5.41, 5.74) is 0.394. The third-order valence-electron chi connectivity index (χ3n) is 4.10. The van der Waals surface area contributed by atoms with Crippen LogP contribution in [-0.2, 0) is 0 Å². The van der Waals surface area contributed by atoms with Crippen LogP contribution in [0.1, 0.15) is 41.5 Å². The summed E-state index contributed by atoms with van der Waals surface area (Å²) in [6.07, 6.45) is 0. The molecule has 0 bridgehead atoms. The average Bonchev–Trinajstić information content (AvgIpc) is 2.23. The maximum Gasteiger partial charge on any atom is 0.609 e. The molecule has 0 aliphatic heterocycles. The highest BCUT2D eigenvalue weighted by Gasteiger charge is 2.44. The van der Waals surface area contributed by atoms with Gasteiger partial charge in [-0.2, -0.15) is 0 Å². The lowest BCUT2D eigenvalue weighted by Gasteiger charge is -2.47. The molecule has 0 heterocycles. The van der Waals surface area contributed by atoms with Crippen molar-refractivity contribution >= 4 is 14.8 Å². The highest BCUT2D eigenvalue weighted by Crippen LogP contribution is 2.21. The highest BCUT2D eigenvalue weighted by molar-refractivity contribution is 6.49. The molecule has 0 aliphatic rings. The van der Waals surface area contributed by atoms with E-state index >= 15 is 0 Å². The van der Waals surface area contributed by atoms with Gasteiger partial charge in [-0.15, -0.1) is 0 Å². The van der Waals surface area contributed by atoms with Gasteiger partial charge in [0.2, 0.25) is 0 Å². The van der Waals surface area contributed by atoms with E-state index in [-0.39, 0.29) is 11.1 Å². The summed E-state index contributed by atoms with van der Waals surface area (Å²) in [7, 11) is 11.1. The monoisotopic (exact) mass is 300 g/mol. The molecule has 0 unspecified atom stereocenters. The third kappa shape index (κ3) is 6.43. The third-order valence-corrected chi connectivity index (χ3v) is 8.08. The Hall–Kier alpha value is 0.372. The zero-order valence-corrected chi connectivity index (χ0v) is 16.9. The van der Waals surface area contributed by atoms with E-state index in [1.165, 1.54) is 0 Å². The molecule has 5 heteroatoms. The second kappa shape index (κ2) is 7.58. The lowest BCUT2D eigenvalue weighted by Crippen LogP contribution is -2.68. The summed E-state index contributed by atoms with van der Waals surface area (Å²) in [6, 6.07) is 0. The molecule has 0 atom stereocenters. The van der Waals surface area contributed by atoms with Gasteiger partial charge in [-0.3, -0.25) is 0 Å². The van der Waals surface area contributed by atoms with E-state index in [2.05, 4.69) is 93.3 Å². The Morgan fingerprint density at radius 2 is 1.00 bits per heavy atom. The van der Waals surface area contributed by atoms with Crippen LogP contribution in [0.15, 0.2) is 0 Å². The Morgan fingerprint density at radius 3 is 1.25 bits per heavy atom. The lowest BCUT2D eigenvalue weighted by molar-refractivity contribution is 0.183. The van der Waals surface area contributed by atoms with E-state index in [0.717, 1.165) is 13.1 Å². The van der Waals surface area contributed by atoms with Crippen molar-refractivity contribution in [3.63, 3.8) is 0 Å². The molecule has 0 aromatic rings. The van der Waals surface area contributed by atoms with Crippen molar-refractivity contribution in [2.24, 2.45) is 0 Å². The molecule has 0 aromatic carbocycles. The van der Waals surface area contributed by atoms with E-state index in [9.17, 15) is 0 Å². The summed E-state index contributed by atoms with van der Waals surface area (Å²) in [5.74, 6) is 0. The van der Waals surface area contributed by atoms with Gasteiger partial charge in [0.05, 0.1) is 0 Å². The fraction of sp³-hybridized carbons (Fsp3) is 1.00. The molecule has 0 fully saturated rings. The fourth-order valence-electron chi connectivity index (χ4n) is 2.02. The molecule has 20 heavy (non-hydrogen) atoms. The van der Waals surface area contributed by atoms with Crippen LogP contribution in [0, 0.1) is 0 Å². The number of rotatable bonds is 6.